The zero-order valence-corrected chi connectivity index (χ0v) is 24.0. The van der Waals surface area contributed by atoms with E-state index in [9.17, 15) is 29.3 Å². The van der Waals surface area contributed by atoms with Crippen molar-refractivity contribution in [3.63, 3.8) is 0 Å². The fourth-order valence-electron chi connectivity index (χ4n) is 4.57. The highest BCUT2D eigenvalue weighted by Crippen LogP contribution is 2.58. The van der Waals surface area contributed by atoms with Gasteiger partial charge in [-0.05, 0) is 48.2 Å². The van der Waals surface area contributed by atoms with E-state index < -0.39 is 35.5 Å². The van der Waals surface area contributed by atoms with Crippen molar-refractivity contribution in [2.45, 2.75) is 42.8 Å². The Bertz CT molecular complexity index is 1380. The lowest BCUT2D eigenvalue weighted by atomic mass is 9.91. The van der Waals surface area contributed by atoms with Crippen molar-refractivity contribution < 1.29 is 28.8 Å². The number of rotatable bonds is 11. The van der Waals surface area contributed by atoms with Crippen molar-refractivity contribution in [2.75, 3.05) is 17.7 Å². The van der Waals surface area contributed by atoms with E-state index in [0.717, 1.165) is 0 Å². The number of amides is 1. The fourth-order valence-corrected chi connectivity index (χ4v) is 7.16. The van der Waals surface area contributed by atoms with Crippen LogP contribution in [0.25, 0.3) is 0 Å². The van der Waals surface area contributed by atoms with Crippen LogP contribution >= 0.6 is 19.4 Å². The minimum Gasteiger partial charge on any atom is -0.495 e. The zero-order valence-electron chi connectivity index (χ0n) is 22.2. The third-order valence-corrected chi connectivity index (χ3v) is 9.64. The molecule has 0 atom stereocenters. The Morgan fingerprint density at radius 1 is 0.974 bits per heavy atom. The number of ether oxygens (including phenoxy) is 1. The molecule has 39 heavy (non-hydrogen) atoms. The van der Waals surface area contributed by atoms with Crippen molar-refractivity contribution >= 4 is 42.3 Å². The van der Waals surface area contributed by atoms with E-state index in [1.165, 1.54) is 31.0 Å². The smallest absolute Gasteiger partial charge is 0.351 e. The number of nitro benzene ring substituents is 1. The van der Waals surface area contributed by atoms with Crippen LogP contribution in [0.2, 0.25) is 0 Å². The maximum absolute atomic E-state index is 13.8. The second-order valence-electron chi connectivity index (χ2n) is 9.49. The number of carbonyl (C=O) groups is 1. The minimum absolute atomic E-state index is 0.0656. The Hall–Kier alpha value is -3.37. The number of benzene rings is 3. The number of nitro groups is 1. The van der Waals surface area contributed by atoms with Gasteiger partial charge in [-0.15, -0.1) is 0 Å². The SMILES string of the molecule is COc1ccccc1NC(=O)c1c(NC(C(C)C)(C(C)C)P(=O)(O)O)cccc1Sc1ccc([N+](=O)[O-])cc1. The normalized spacial score (nSPS) is 11.9. The average Bonchev–Trinajstić information content (AvgIpc) is 2.86. The number of hydrogen-bond acceptors (Lipinski definition) is 7. The third-order valence-electron chi connectivity index (χ3n) is 6.46. The summed E-state index contributed by atoms with van der Waals surface area (Å²) in [4.78, 5) is 46.5. The lowest BCUT2D eigenvalue weighted by molar-refractivity contribution is -0.384. The van der Waals surface area contributed by atoms with E-state index >= 15 is 0 Å². The van der Waals surface area contributed by atoms with Gasteiger partial charge in [-0.1, -0.05) is 57.7 Å². The Morgan fingerprint density at radius 3 is 2.10 bits per heavy atom. The lowest BCUT2D eigenvalue weighted by Crippen LogP contribution is -2.48. The van der Waals surface area contributed by atoms with Gasteiger partial charge in [-0.25, -0.2) is 0 Å². The average molecular weight is 574 g/mol. The molecule has 0 spiro atoms. The van der Waals surface area contributed by atoms with Crippen LogP contribution in [0.3, 0.4) is 0 Å². The van der Waals surface area contributed by atoms with Crippen molar-refractivity contribution in [1.82, 2.24) is 0 Å². The van der Waals surface area contributed by atoms with E-state index in [1.807, 2.05) is 0 Å². The van der Waals surface area contributed by atoms with E-state index in [4.69, 9.17) is 4.74 Å². The Kier molecular flexibility index (Phi) is 9.45. The quantitative estimate of drug-likeness (QED) is 0.113. The highest BCUT2D eigenvalue weighted by molar-refractivity contribution is 7.99. The molecule has 12 heteroatoms. The number of hydrogen-bond donors (Lipinski definition) is 4. The monoisotopic (exact) mass is 573 g/mol. The molecule has 0 aliphatic carbocycles. The van der Waals surface area contributed by atoms with Gasteiger partial charge in [0.25, 0.3) is 11.6 Å². The molecule has 3 rings (SSSR count). The number of nitrogens with zero attached hydrogens (tertiary/aromatic N) is 1. The molecule has 0 aromatic heterocycles. The lowest BCUT2D eigenvalue weighted by Gasteiger charge is -2.43. The Morgan fingerprint density at radius 2 is 1.56 bits per heavy atom. The molecule has 0 heterocycles. The summed E-state index contributed by atoms with van der Waals surface area (Å²) in [6, 6.07) is 17.8. The maximum Gasteiger partial charge on any atom is 0.351 e. The van der Waals surface area contributed by atoms with Gasteiger partial charge in [-0.3, -0.25) is 19.5 Å². The predicted molar refractivity (Wildman–Crippen MR) is 153 cm³/mol. The Labute approximate surface area is 231 Å². The number of para-hydroxylation sites is 2. The van der Waals surface area contributed by atoms with Gasteiger partial charge in [0, 0.05) is 27.6 Å². The first-order chi connectivity index (χ1) is 18.3. The molecule has 0 aliphatic rings. The van der Waals surface area contributed by atoms with Gasteiger partial charge in [0.05, 0.1) is 23.3 Å². The number of nitrogens with one attached hydrogen (secondary N) is 2. The molecule has 10 nitrogen and oxygen atoms in total. The van der Waals surface area contributed by atoms with Crippen LogP contribution < -0.4 is 15.4 Å². The molecule has 3 aromatic rings. The third kappa shape index (κ3) is 6.45. The first-order valence-corrected chi connectivity index (χ1v) is 14.6. The fraction of sp³-hybridized carbons (Fsp3) is 0.296. The molecule has 0 radical (unpaired) electrons. The van der Waals surface area contributed by atoms with Crippen LogP contribution in [0.1, 0.15) is 38.1 Å². The molecule has 0 fully saturated rings. The second kappa shape index (κ2) is 12.2. The maximum atomic E-state index is 13.8. The van der Waals surface area contributed by atoms with Crippen LogP contribution in [-0.2, 0) is 4.57 Å². The van der Waals surface area contributed by atoms with Gasteiger partial charge in [0.1, 0.15) is 11.0 Å². The van der Waals surface area contributed by atoms with Gasteiger partial charge >= 0.3 is 7.60 Å². The number of methoxy groups -OCH3 is 1. The van der Waals surface area contributed by atoms with E-state index in [2.05, 4.69) is 10.6 Å². The molecule has 0 saturated carbocycles. The topological polar surface area (TPSA) is 151 Å². The summed E-state index contributed by atoms with van der Waals surface area (Å²) in [6.07, 6.45) is 0. The molecule has 0 aliphatic heterocycles. The largest absolute Gasteiger partial charge is 0.495 e. The summed E-state index contributed by atoms with van der Waals surface area (Å²) in [5, 5.41) is 15.3. The molecule has 0 saturated heterocycles. The summed E-state index contributed by atoms with van der Waals surface area (Å²) in [5.41, 5.74) is 0.746. The molecule has 0 unspecified atom stereocenters. The van der Waals surface area contributed by atoms with Crippen molar-refractivity contribution in [3.8, 4) is 5.75 Å². The molecule has 0 bridgehead atoms. The van der Waals surface area contributed by atoms with Crippen molar-refractivity contribution in [1.29, 1.82) is 0 Å². The molecule has 1 amide bonds. The summed E-state index contributed by atoms with van der Waals surface area (Å²) < 4.78 is 18.3. The molecular weight excluding hydrogens is 541 g/mol. The van der Waals surface area contributed by atoms with Gasteiger partial charge in [-0.2, -0.15) is 0 Å². The van der Waals surface area contributed by atoms with Crippen molar-refractivity contribution in [3.05, 3.63) is 82.4 Å². The van der Waals surface area contributed by atoms with Crippen LogP contribution in [0, 0.1) is 22.0 Å². The molecule has 208 valence electrons. The van der Waals surface area contributed by atoms with Crippen LogP contribution in [0.15, 0.2) is 76.5 Å². The number of anilines is 2. The van der Waals surface area contributed by atoms with Crippen LogP contribution in [-0.4, -0.2) is 33.0 Å². The highest BCUT2D eigenvalue weighted by Gasteiger charge is 2.52. The first kappa shape index (κ1) is 30.2. The molecular formula is C27H32N3O7PS. The number of carbonyl (C=O) groups excluding carboxylic acids is 1. The molecule has 4 N–H and O–H groups in total. The predicted octanol–water partition coefficient (Wildman–Crippen LogP) is 6.60. The van der Waals surface area contributed by atoms with E-state index in [-0.39, 0.29) is 16.9 Å². The zero-order chi connectivity index (χ0) is 29.0. The second-order valence-corrected chi connectivity index (χ2v) is 12.4. The summed E-state index contributed by atoms with van der Waals surface area (Å²) >= 11 is 1.20. The standard InChI is InChI=1S/C27H32N3O7PS/c1-17(2)27(18(3)4,38(34,35)36)29-22-10-8-12-24(39-20-15-13-19(14-16-20)30(32)33)25(22)26(31)28-21-9-6-7-11-23(21)37-5/h6-18,29H,1-5H3,(H,28,31)(H2,34,35,36). The van der Waals surface area contributed by atoms with Gasteiger partial charge in [0.2, 0.25) is 0 Å². The van der Waals surface area contributed by atoms with Gasteiger partial charge in [0.15, 0.2) is 0 Å². The van der Waals surface area contributed by atoms with Crippen molar-refractivity contribution in [2.24, 2.45) is 11.8 Å². The van der Waals surface area contributed by atoms with E-state index in [1.54, 1.807) is 82.3 Å². The van der Waals surface area contributed by atoms with E-state index in [0.29, 0.717) is 21.2 Å². The summed E-state index contributed by atoms with van der Waals surface area (Å²) in [6.45, 7) is 6.87. The molecule has 3 aromatic carbocycles. The Balaban J connectivity index is 2.17. The summed E-state index contributed by atoms with van der Waals surface area (Å²) in [7, 11) is -3.26. The summed E-state index contributed by atoms with van der Waals surface area (Å²) in [5.74, 6) is -1.10. The first-order valence-electron chi connectivity index (χ1n) is 12.1. The van der Waals surface area contributed by atoms with Crippen LogP contribution in [0.4, 0.5) is 17.1 Å². The minimum atomic E-state index is -4.74. The highest BCUT2D eigenvalue weighted by atomic mass is 32.2. The van der Waals surface area contributed by atoms with Gasteiger partial charge < -0.3 is 25.2 Å². The number of non-ortho nitro benzene ring substituents is 1. The van der Waals surface area contributed by atoms with Crippen LogP contribution in [0.5, 0.6) is 5.75 Å².